The second-order valence-corrected chi connectivity index (χ2v) is 4.10. The van der Waals surface area contributed by atoms with Gasteiger partial charge in [-0.25, -0.2) is 0 Å². The summed E-state index contributed by atoms with van der Waals surface area (Å²) in [6.45, 7) is 4.23. The van der Waals surface area contributed by atoms with E-state index in [0.29, 0.717) is 5.92 Å². The highest BCUT2D eigenvalue weighted by molar-refractivity contribution is 5.85. The average Bonchev–Trinajstić information content (AvgIpc) is 2.37. The molecule has 2 nitrogen and oxygen atoms in total. The Morgan fingerprint density at radius 1 is 1.29 bits per heavy atom. The van der Waals surface area contributed by atoms with Crippen LogP contribution in [-0.2, 0) is 0 Å². The van der Waals surface area contributed by atoms with Gasteiger partial charge in [-0.2, -0.15) is 0 Å². The Hall–Kier alpha value is -1.83. The molecule has 2 heteroatoms. The van der Waals surface area contributed by atoms with Crippen molar-refractivity contribution in [2.24, 2.45) is 0 Å². The zero-order chi connectivity index (χ0) is 12.3. The van der Waals surface area contributed by atoms with Gasteiger partial charge < -0.3 is 4.74 Å². The predicted octanol–water partition coefficient (Wildman–Crippen LogP) is 3.92. The number of fused-ring (bicyclic) bond motifs is 1. The van der Waals surface area contributed by atoms with Crippen LogP contribution in [0.2, 0.25) is 0 Å². The number of hydrogen-bond donors (Lipinski definition) is 0. The number of benzene rings is 1. The van der Waals surface area contributed by atoms with Gasteiger partial charge in [0.1, 0.15) is 5.75 Å². The molecule has 0 saturated carbocycles. The van der Waals surface area contributed by atoms with Gasteiger partial charge in [-0.3, -0.25) is 4.98 Å². The van der Waals surface area contributed by atoms with Crippen molar-refractivity contribution in [3.63, 3.8) is 0 Å². The number of rotatable bonds is 3. The van der Waals surface area contributed by atoms with Gasteiger partial charge in [0.25, 0.3) is 0 Å². The first-order valence-electron chi connectivity index (χ1n) is 5.81. The van der Waals surface area contributed by atoms with Gasteiger partial charge in [-0.15, -0.1) is 0 Å². The Balaban J connectivity index is 2.55. The molecule has 0 saturated heterocycles. The molecule has 2 rings (SSSR count). The minimum Gasteiger partial charge on any atom is -0.496 e. The van der Waals surface area contributed by atoms with E-state index in [1.165, 1.54) is 5.56 Å². The lowest BCUT2D eigenvalue weighted by molar-refractivity contribution is 0.419. The van der Waals surface area contributed by atoms with Crippen LogP contribution >= 0.6 is 0 Å². The summed E-state index contributed by atoms with van der Waals surface area (Å²) >= 11 is 0. The Labute approximate surface area is 102 Å². The summed E-state index contributed by atoms with van der Waals surface area (Å²) in [6.07, 6.45) is 6.04. The molecule has 0 amide bonds. The van der Waals surface area contributed by atoms with E-state index in [-0.39, 0.29) is 0 Å². The van der Waals surface area contributed by atoms with Crippen LogP contribution in [0.5, 0.6) is 5.75 Å². The molecule has 0 N–H and O–H groups in total. The second-order valence-electron chi connectivity index (χ2n) is 4.10. The van der Waals surface area contributed by atoms with E-state index in [4.69, 9.17) is 4.74 Å². The Bertz CT molecular complexity index is 546. The molecule has 2 aromatic rings. The number of methoxy groups -OCH3 is 1. The zero-order valence-corrected chi connectivity index (χ0v) is 10.5. The number of allylic oxidation sites excluding steroid dienone is 2. The summed E-state index contributed by atoms with van der Waals surface area (Å²) in [7, 11) is 1.69. The van der Waals surface area contributed by atoms with Crippen molar-refractivity contribution in [3.8, 4) is 5.75 Å². The van der Waals surface area contributed by atoms with Crippen molar-refractivity contribution in [2.75, 3.05) is 7.11 Å². The van der Waals surface area contributed by atoms with E-state index in [9.17, 15) is 0 Å². The van der Waals surface area contributed by atoms with E-state index in [1.807, 2.05) is 19.1 Å². The summed E-state index contributed by atoms with van der Waals surface area (Å²) in [5.41, 5.74) is 2.25. The van der Waals surface area contributed by atoms with Crippen LogP contribution in [0.3, 0.4) is 0 Å². The fourth-order valence-corrected chi connectivity index (χ4v) is 2.00. The minimum atomic E-state index is 0.411. The maximum atomic E-state index is 5.36. The third kappa shape index (κ3) is 2.31. The zero-order valence-electron chi connectivity index (χ0n) is 10.5. The Morgan fingerprint density at radius 3 is 2.82 bits per heavy atom. The van der Waals surface area contributed by atoms with Gasteiger partial charge >= 0.3 is 0 Å². The molecule has 88 valence electrons. The van der Waals surface area contributed by atoms with Gasteiger partial charge in [-0.1, -0.05) is 25.1 Å². The van der Waals surface area contributed by atoms with Gasteiger partial charge in [0.15, 0.2) is 0 Å². The van der Waals surface area contributed by atoms with Gasteiger partial charge in [0, 0.05) is 11.6 Å². The molecule has 0 bridgehead atoms. The lowest BCUT2D eigenvalue weighted by atomic mass is 9.98. The fraction of sp³-hybridized carbons (Fsp3) is 0.267. The summed E-state index contributed by atoms with van der Waals surface area (Å²) in [6, 6.07) is 8.23. The molecule has 1 aromatic carbocycles. The monoisotopic (exact) mass is 227 g/mol. The summed E-state index contributed by atoms with van der Waals surface area (Å²) in [5, 5.41) is 1.07. The van der Waals surface area contributed by atoms with Crippen LogP contribution in [0.15, 0.2) is 42.6 Å². The van der Waals surface area contributed by atoms with Gasteiger partial charge in [-0.05, 0) is 36.6 Å². The summed E-state index contributed by atoms with van der Waals surface area (Å²) < 4.78 is 5.36. The first kappa shape index (κ1) is 11.6. The van der Waals surface area contributed by atoms with E-state index < -0.39 is 0 Å². The van der Waals surface area contributed by atoms with E-state index in [2.05, 4.69) is 36.2 Å². The lowest BCUT2D eigenvalue weighted by Crippen LogP contribution is -1.92. The first-order chi connectivity index (χ1) is 8.26. The molecular weight excluding hydrogens is 210 g/mol. The topological polar surface area (TPSA) is 22.1 Å². The number of aromatic nitrogens is 1. The molecule has 0 fully saturated rings. The highest BCUT2D eigenvalue weighted by Crippen LogP contribution is 2.27. The van der Waals surface area contributed by atoms with E-state index >= 15 is 0 Å². The first-order valence-corrected chi connectivity index (χ1v) is 5.81. The van der Waals surface area contributed by atoms with Gasteiger partial charge in [0.2, 0.25) is 0 Å². The van der Waals surface area contributed by atoms with Gasteiger partial charge in [0.05, 0.1) is 12.6 Å². The highest BCUT2D eigenvalue weighted by Gasteiger charge is 2.06. The summed E-state index contributed by atoms with van der Waals surface area (Å²) in [5.74, 6) is 1.29. The lowest BCUT2D eigenvalue weighted by Gasteiger charge is -2.10. The molecule has 0 aliphatic carbocycles. The van der Waals surface area contributed by atoms with Crippen molar-refractivity contribution in [3.05, 3.63) is 48.2 Å². The molecule has 17 heavy (non-hydrogen) atoms. The Morgan fingerprint density at radius 2 is 2.12 bits per heavy atom. The van der Waals surface area contributed by atoms with Crippen molar-refractivity contribution >= 4 is 10.9 Å². The van der Waals surface area contributed by atoms with Crippen molar-refractivity contribution in [2.45, 2.75) is 19.8 Å². The Kier molecular flexibility index (Phi) is 3.43. The molecular formula is C15H17NO. The quantitative estimate of drug-likeness (QED) is 0.741. The van der Waals surface area contributed by atoms with Crippen LogP contribution in [0.25, 0.3) is 10.9 Å². The normalized spacial score (nSPS) is 13.1. The number of ether oxygens (including phenoxy) is 1. The molecule has 1 unspecified atom stereocenters. The van der Waals surface area contributed by atoms with Crippen molar-refractivity contribution in [1.29, 1.82) is 0 Å². The smallest absolute Gasteiger partial charge is 0.129 e. The molecule has 0 aliphatic heterocycles. The average molecular weight is 227 g/mol. The standard InChI is InChI=1S/C15H17NO/c1-4-5-11(2)12-6-7-14-13(10-12)15(17-3)8-9-16-14/h4-11H,1-3H3/b5-4-. The number of pyridine rings is 1. The van der Waals surface area contributed by atoms with Crippen molar-refractivity contribution in [1.82, 2.24) is 4.98 Å². The van der Waals surface area contributed by atoms with Crippen LogP contribution in [0.4, 0.5) is 0 Å². The molecule has 1 atom stereocenters. The number of hydrogen-bond acceptors (Lipinski definition) is 2. The summed E-state index contributed by atoms with van der Waals surface area (Å²) in [4.78, 5) is 4.34. The third-order valence-electron chi connectivity index (χ3n) is 2.95. The van der Waals surface area contributed by atoms with Crippen LogP contribution in [0.1, 0.15) is 25.3 Å². The second kappa shape index (κ2) is 5.00. The highest BCUT2D eigenvalue weighted by atomic mass is 16.5. The van der Waals surface area contributed by atoms with E-state index in [1.54, 1.807) is 13.3 Å². The van der Waals surface area contributed by atoms with Crippen LogP contribution < -0.4 is 4.74 Å². The SMILES string of the molecule is C/C=C\C(C)c1ccc2nccc(OC)c2c1. The third-order valence-corrected chi connectivity index (χ3v) is 2.95. The molecule has 1 aromatic heterocycles. The molecule has 0 spiro atoms. The van der Waals surface area contributed by atoms with Crippen LogP contribution in [0, 0.1) is 0 Å². The molecule has 0 radical (unpaired) electrons. The van der Waals surface area contributed by atoms with E-state index in [0.717, 1.165) is 16.7 Å². The maximum Gasteiger partial charge on any atom is 0.129 e. The number of nitrogens with zero attached hydrogens (tertiary/aromatic N) is 1. The maximum absolute atomic E-state index is 5.36. The minimum absolute atomic E-state index is 0.411. The predicted molar refractivity (Wildman–Crippen MR) is 71.5 cm³/mol. The van der Waals surface area contributed by atoms with Crippen LogP contribution in [-0.4, -0.2) is 12.1 Å². The van der Waals surface area contributed by atoms with Crippen molar-refractivity contribution < 1.29 is 4.74 Å². The molecule has 1 heterocycles. The largest absolute Gasteiger partial charge is 0.496 e. The molecule has 0 aliphatic rings. The fourth-order valence-electron chi connectivity index (χ4n) is 2.00.